The zero-order valence-electron chi connectivity index (χ0n) is 18.6. The number of aliphatic hydroxyl groups is 1. The average Bonchev–Trinajstić information content (AvgIpc) is 3.13. The lowest BCUT2D eigenvalue weighted by Crippen LogP contribution is -2.41. The second kappa shape index (κ2) is 9.55. The minimum atomic E-state index is -0.535. The van der Waals surface area contributed by atoms with Crippen LogP contribution in [0.4, 0.5) is 4.79 Å². The molecule has 0 saturated heterocycles. The van der Waals surface area contributed by atoms with Crippen LogP contribution in [0.15, 0.2) is 46.9 Å². The van der Waals surface area contributed by atoms with Gasteiger partial charge in [0.2, 0.25) is 0 Å². The number of amides is 1. The van der Waals surface area contributed by atoms with E-state index in [2.05, 4.69) is 33.0 Å². The first kappa shape index (κ1) is 22.7. The van der Waals surface area contributed by atoms with Crippen LogP contribution in [0, 0.1) is 5.92 Å². The van der Waals surface area contributed by atoms with E-state index in [0.717, 1.165) is 27.7 Å². The second-order valence-electron chi connectivity index (χ2n) is 8.75. The second-order valence-corrected chi connectivity index (χ2v) is 9.67. The lowest BCUT2D eigenvalue weighted by atomic mass is 9.92. The Labute approximate surface area is 196 Å². The van der Waals surface area contributed by atoms with Crippen LogP contribution in [0.5, 0.6) is 5.75 Å². The molecule has 0 aliphatic carbocycles. The number of benzene rings is 2. The third kappa shape index (κ3) is 4.79. The number of aliphatic hydroxyl groups excluding tert-OH is 1. The van der Waals surface area contributed by atoms with Crippen molar-refractivity contribution in [2.75, 3.05) is 19.8 Å². The van der Waals surface area contributed by atoms with Gasteiger partial charge < -0.3 is 19.6 Å². The van der Waals surface area contributed by atoms with Gasteiger partial charge in [0.1, 0.15) is 18.4 Å². The summed E-state index contributed by atoms with van der Waals surface area (Å²) in [6.07, 6.45) is -0.0784. The van der Waals surface area contributed by atoms with Gasteiger partial charge in [-0.1, -0.05) is 41.9 Å². The van der Waals surface area contributed by atoms with Gasteiger partial charge in [-0.2, -0.15) is 0 Å². The molecular formula is C25H29BrN2O4. The fraction of sp³-hybridized carbons (Fsp3) is 0.400. The molecule has 0 saturated carbocycles. The maximum Gasteiger partial charge on any atom is 0.410 e. The highest BCUT2D eigenvalue weighted by atomic mass is 79.9. The van der Waals surface area contributed by atoms with E-state index < -0.39 is 6.10 Å². The maximum absolute atomic E-state index is 13.0. The number of aromatic nitrogens is 1. The van der Waals surface area contributed by atoms with Crippen LogP contribution < -0.4 is 4.74 Å². The Bertz CT molecular complexity index is 1090. The molecule has 32 heavy (non-hydrogen) atoms. The highest BCUT2D eigenvalue weighted by molar-refractivity contribution is 9.10. The number of hydrogen-bond donors (Lipinski definition) is 2. The van der Waals surface area contributed by atoms with Gasteiger partial charge in [-0.05, 0) is 60.7 Å². The number of aromatic amines is 1. The summed E-state index contributed by atoms with van der Waals surface area (Å²) in [5, 5.41) is 10.6. The molecular weight excluding hydrogens is 472 g/mol. The molecule has 0 bridgehead atoms. The predicted octanol–water partition coefficient (Wildman–Crippen LogP) is 5.43. The molecule has 7 heteroatoms. The van der Waals surface area contributed by atoms with E-state index in [1.54, 1.807) is 11.8 Å². The number of rotatable bonds is 6. The fourth-order valence-electron chi connectivity index (χ4n) is 4.09. The zero-order valence-corrected chi connectivity index (χ0v) is 20.2. The summed E-state index contributed by atoms with van der Waals surface area (Å²) in [4.78, 5) is 18.4. The molecule has 1 aliphatic heterocycles. The molecule has 1 aromatic heterocycles. The number of carbonyl (C=O) groups excluding carboxylic acids is 1. The number of hydrogen-bond acceptors (Lipinski definition) is 4. The first-order chi connectivity index (χ1) is 15.3. The topological polar surface area (TPSA) is 74.8 Å². The Kier molecular flexibility index (Phi) is 6.76. The van der Waals surface area contributed by atoms with Crippen LogP contribution in [0.2, 0.25) is 0 Å². The van der Waals surface area contributed by atoms with Crippen molar-refractivity contribution in [1.29, 1.82) is 0 Å². The van der Waals surface area contributed by atoms with Crippen molar-refractivity contribution in [2.45, 2.75) is 39.3 Å². The number of halogens is 1. The van der Waals surface area contributed by atoms with E-state index in [1.165, 1.54) is 10.9 Å². The van der Waals surface area contributed by atoms with Gasteiger partial charge in [0.05, 0.1) is 12.7 Å². The number of fused-ring (bicyclic) bond motifs is 3. The summed E-state index contributed by atoms with van der Waals surface area (Å²) in [6.45, 7) is 6.94. The van der Waals surface area contributed by atoms with Crippen molar-refractivity contribution in [3.05, 3.63) is 63.8 Å². The van der Waals surface area contributed by atoms with Crippen molar-refractivity contribution in [2.24, 2.45) is 5.92 Å². The Hall–Kier alpha value is -2.51. The smallest absolute Gasteiger partial charge is 0.410 e. The molecule has 2 aromatic carbocycles. The quantitative estimate of drug-likeness (QED) is 0.473. The van der Waals surface area contributed by atoms with E-state index in [0.29, 0.717) is 18.9 Å². The van der Waals surface area contributed by atoms with Gasteiger partial charge in [0, 0.05) is 27.6 Å². The number of ether oxygens (including phenoxy) is 2. The molecule has 0 radical (unpaired) electrons. The Balaban J connectivity index is 1.72. The predicted molar refractivity (Wildman–Crippen MR) is 128 cm³/mol. The third-order valence-electron chi connectivity index (χ3n) is 5.55. The van der Waals surface area contributed by atoms with Gasteiger partial charge in [0.15, 0.2) is 0 Å². The standard InChI is InChI=1S/C25H29BrN2O4/c1-15(2)13-32-25(30)28-11-10-20-21-12-18(26)6-9-22(21)27-23(20)24(28)17-4-7-19(8-5-17)31-14-16(3)29/h4-9,12,15-16,24,27,29H,10-11,13-14H2,1-3H3. The van der Waals surface area contributed by atoms with Gasteiger partial charge in [0.25, 0.3) is 0 Å². The van der Waals surface area contributed by atoms with Crippen LogP contribution in [-0.4, -0.2) is 46.9 Å². The lowest BCUT2D eigenvalue weighted by Gasteiger charge is -2.35. The Morgan fingerprint density at radius 3 is 2.62 bits per heavy atom. The molecule has 2 unspecified atom stereocenters. The van der Waals surface area contributed by atoms with E-state index in [4.69, 9.17) is 9.47 Å². The molecule has 1 aliphatic rings. The van der Waals surface area contributed by atoms with E-state index in [-0.39, 0.29) is 24.7 Å². The maximum atomic E-state index is 13.0. The summed E-state index contributed by atoms with van der Waals surface area (Å²) in [5.74, 6) is 0.953. The highest BCUT2D eigenvalue weighted by Crippen LogP contribution is 2.39. The van der Waals surface area contributed by atoms with Crippen LogP contribution in [-0.2, 0) is 11.2 Å². The average molecular weight is 501 g/mol. The van der Waals surface area contributed by atoms with Crippen LogP contribution in [0.25, 0.3) is 10.9 Å². The summed E-state index contributed by atoms with van der Waals surface area (Å²) in [6, 6.07) is 13.6. The summed E-state index contributed by atoms with van der Waals surface area (Å²) < 4.78 is 12.2. The van der Waals surface area contributed by atoms with Crippen molar-refractivity contribution in [3.63, 3.8) is 0 Å². The number of nitrogens with zero attached hydrogens (tertiary/aromatic N) is 1. The Morgan fingerprint density at radius 1 is 1.19 bits per heavy atom. The molecule has 4 rings (SSSR count). The lowest BCUT2D eigenvalue weighted by molar-refractivity contribution is 0.0797. The van der Waals surface area contributed by atoms with E-state index >= 15 is 0 Å². The summed E-state index contributed by atoms with van der Waals surface area (Å²) in [7, 11) is 0. The Morgan fingerprint density at radius 2 is 1.94 bits per heavy atom. The molecule has 0 spiro atoms. The normalized spacial score (nSPS) is 16.8. The highest BCUT2D eigenvalue weighted by Gasteiger charge is 2.35. The van der Waals surface area contributed by atoms with Crippen molar-refractivity contribution < 1.29 is 19.4 Å². The van der Waals surface area contributed by atoms with Crippen molar-refractivity contribution in [1.82, 2.24) is 9.88 Å². The molecule has 0 fully saturated rings. The minimum absolute atomic E-state index is 0.234. The molecule has 1 amide bonds. The van der Waals surface area contributed by atoms with E-state index in [9.17, 15) is 9.90 Å². The summed E-state index contributed by atoms with van der Waals surface area (Å²) >= 11 is 3.58. The number of H-pyrrole nitrogens is 1. The van der Waals surface area contributed by atoms with E-state index in [1.807, 2.05) is 44.2 Å². The van der Waals surface area contributed by atoms with Crippen LogP contribution >= 0.6 is 15.9 Å². The molecule has 170 valence electrons. The molecule has 2 heterocycles. The molecule has 2 atom stereocenters. The number of nitrogens with one attached hydrogen (secondary N) is 1. The van der Waals surface area contributed by atoms with Gasteiger partial charge >= 0.3 is 6.09 Å². The molecule has 6 nitrogen and oxygen atoms in total. The first-order valence-electron chi connectivity index (χ1n) is 11.0. The van der Waals surface area contributed by atoms with Gasteiger partial charge in [-0.15, -0.1) is 0 Å². The fourth-order valence-corrected chi connectivity index (χ4v) is 4.45. The van der Waals surface area contributed by atoms with Crippen LogP contribution in [0.3, 0.4) is 0 Å². The van der Waals surface area contributed by atoms with Crippen LogP contribution in [0.1, 0.15) is 43.6 Å². The first-order valence-corrected chi connectivity index (χ1v) is 11.8. The van der Waals surface area contributed by atoms with Crippen molar-refractivity contribution in [3.8, 4) is 5.75 Å². The monoisotopic (exact) mass is 500 g/mol. The summed E-state index contributed by atoms with van der Waals surface area (Å²) in [5.41, 5.74) is 4.28. The third-order valence-corrected chi connectivity index (χ3v) is 6.04. The number of carbonyl (C=O) groups is 1. The van der Waals surface area contributed by atoms with Crippen molar-refractivity contribution >= 4 is 32.9 Å². The molecule has 2 N–H and O–H groups in total. The van der Waals surface area contributed by atoms with Gasteiger partial charge in [-0.25, -0.2) is 4.79 Å². The zero-order chi connectivity index (χ0) is 22.8. The minimum Gasteiger partial charge on any atom is -0.491 e. The van der Waals surface area contributed by atoms with Gasteiger partial charge in [-0.3, -0.25) is 4.90 Å². The SMILES string of the molecule is CC(C)COC(=O)N1CCc2c([nH]c3ccc(Br)cc23)C1c1ccc(OCC(C)O)cc1. The largest absolute Gasteiger partial charge is 0.491 e. The molecule has 3 aromatic rings.